The molecule has 1 rings (SSSR count). The van der Waals surface area contributed by atoms with E-state index in [1.807, 2.05) is 18.7 Å². The molecule has 0 aliphatic carbocycles. The van der Waals surface area contributed by atoms with Gasteiger partial charge in [-0.05, 0) is 30.4 Å². The fourth-order valence-electron chi connectivity index (χ4n) is 1.62. The maximum atomic E-state index is 11.6. The molecule has 0 saturated carbocycles. The minimum absolute atomic E-state index is 0.0109. The van der Waals surface area contributed by atoms with E-state index in [1.165, 1.54) is 4.90 Å². The van der Waals surface area contributed by atoms with Crippen LogP contribution >= 0.6 is 11.8 Å². The monoisotopic (exact) mass is 282 g/mol. The van der Waals surface area contributed by atoms with Gasteiger partial charge in [-0.3, -0.25) is 0 Å². The standard InChI is InChI=1S/C14H22N2O2S/c1-4-19-13-7-5-12(6-8-13)11(2)16-14(17)15-9-10-18-3/h5-8,11H,4,9-10H2,1-3H3,(H2,15,16,17). The zero-order chi connectivity index (χ0) is 14.1. The average Bonchev–Trinajstić information content (AvgIpc) is 2.40. The van der Waals surface area contributed by atoms with E-state index in [1.54, 1.807) is 7.11 Å². The second kappa shape index (κ2) is 8.82. The number of urea groups is 1. The van der Waals surface area contributed by atoms with Crippen molar-refractivity contribution in [2.45, 2.75) is 24.8 Å². The molecule has 0 aliphatic heterocycles. The Hall–Kier alpha value is -1.20. The van der Waals surface area contributed by atoms with E-state index < -0.39 is 0 Å². The molecule has 0 aromatic heterocycles. The van der Waals surface area contributed by atoms with Crippen molar-refractivity contribution in [2.75, 3.05) is 26.0 Å². The molecule has 1 unspecified atom stereocenters. The smallest absolute Gasteiger partial charge is 0.315 e. The SMILES string of the molecule is CCSc1ccc(C(C)NC(=O)NCCOC)cc1. The zero-order valence-electron chi connectivity index (χ0n) is 11.7. The van der Waals surface area contributed by atoms with Crippen molar-refractivity contribution in [2.24, 2.45) is 0 Å². The van der Waals surface area contributed by atoms with E-state index in [0.29, 0.717) is 13.2 Å². The Morgan fingerprint density at radius 1 is 1.37 bits per heavy atom. The summed E-state index contributed by atoms with van der Waals surface area (Å²) < 4.78 is 4.87. The lowest BCUT2D eigenvalue weighted by atomic mass is 10.1. The maximum absolute atomic E-state index is 11.6. The summed E-state index contributed by atoms with van der Waals surface area (Å²) in [5, 5.41) is 5.63. The van der Waals surface area contributed by atoms with Crippen LogP contribution in [0.25, 0.3) is 0 Å². The summed E-state index contributed by atoms with van der Waals surface area (Å²) in [6.45, 7) is 5.14. The normalized spacial score (nSPS) is 11.9. The molecule has 1 aromatic carbocycles. The number of amides is 2. The number of hydrogen-bond acceptors (Lipinski definition) is 3. The molecule has 5 heteroatoms. The zero-order valence-corrected chi connectivity index (χ0v) is 12.5. The van der Waals surface area contributed by atoms with Gasteiger partial charge in [0.1, 0.15) is 0 Å². The van der Waals surface area contributed by atoms with Crippen molar-refractivity contribution >= 4 is 17.8 Å². The average molecular weight is 282 g/mol. The van der Waals surface area contributed by atoms with Crippen molar-refractivity contribution in [1.29, 1.82) is 0 Å². The van der Waals surface area contributed by atoms with Crippen molar-refractivity contribution < 1.29 is 9.53 Å². The summed E-state index contributed by atoms with van der Waals surface area (Å²) in [4.78, 5) is 12.8. The number of nitrogens with one attached hydrogen (secondary N) is 2. The van der Waals surface area contributed by atoms with Crippen LogP contribution in [-0.4, -0.2) is 32.0 Å². The van der Waals surface area contributed by atoms with Gasteiger partial charge in [-0.25, -0.2) is 4.79 Å². The predicted octanol–water partition coefficient (Wildman–Crippen LogP) is 2.81. The van der Waals surface area contributed by atoms with Gasteiger partial charge >= 0.3 is 6.03 Å². The highest BCUT2D eigenvalue weighted by molar-refractivity contribution is 7.99. The number of methoxy groups -OCH3 is 1. The van der Waals surface area contributed by atoms with Crippen molar-refractivity contribution in [3.8, 4) is 0 Å². The van der Waals surface area contributed by atoms with Crippen LogP contribution in [0.15, 0.2) is 29.2 Å². The number of rotatable bonds is 7. The fourth-order valence-corrected chi connectivity index (χ4v) is 2.28. The van der Waals surface area contributed by atoms with Gasteiger partial charge in [0.05, 0.1) is 12.6 Å². The first-order valence-corrected chi connectivity index (χ1v) is 7.42. The molecule has 2 N–H and O–H groups in total. The summed E-state index contributed by atoms with van der Waals surface area (Å²) >= 11 is 1.81. The Kier molecular flexibility index (Phi) is 7.36. The molecule has 106 valence electrons. The maximum Gasteiger partial charge on any atom is 0.315 e. The molecule has 0 aliphatic rings. The number of carbonyl (C=O) groups is 1. The summed E-state index contributed by atoms with van der Waals surface area (Å²) in [7, 11) is 1.61. The van der Waals surface area contributed by atoms with Crippen LogP contribution in [0.5, 0.6) is 0 Å². The van der Waals surface area contributed by atoms with Crippen molar-refractivity contribution in [3.63, 3.8) is 0 Å². The Morgan fingerprint density at radius 3 is 2.63 bits per heavy atom. The van der Waals surface area contributed by atoms with E-state index in [-0.39, 0.29) is 12.1 Å². The molecule has 19 heavy (non-hydrogen) atoms. The lowest BCUT2D eigenvalue weighted by molar-refractivity contribution is 0.195. The van der Waals surface area contributed by atoms with Crippen LogP contribution in [0.4, 0.5) is 4.79 Å². The van der Waals surface area contributed by atoms with Crippen molar-refractivity contribution in [1.82, 2.24) is 10.6 Å². The van der Waals surface area contributed by atoms with Crippen LogP contribution in [0.1, 0.15) is 25.5 Å². The molecule has 0 heterocycles. The second-order valence-electron chi connectivity index (χ2n) is 4.12. The Bertz CT molecular complexity index is 382. The summed E-state index contributed by atoms with van der Waals surface area (Å²) in [5.41, 5.74) is 1.10. The third-order valence-corrected chi connectivity index (χ3v) is 3.52. The molecule has 2 amide bonds. The largest absolute Gasteiger partial charge is 0.383 e. The molecule has 0 bridgehead atoms. The minimum atomic E-state index is -0.170. The quantitative estimate of drug-likeness (QED) is 0.597. The number of hydrogen-bond donors (Lipinski definition) is 2. The van der Waals surface area contributed by atoms with Crippen LogP contribution in [0.3, 0.4) is 0 Å². The van der Waals surface area contributed by atoms with Crippen LogP contribution in [0, 0.1) is 0 Å². The van der Waals surface area contributed by atoms with E-state index in [2.05, 4.69) is 41.8 Å². The van der Waals surface area contributed by atoms with Crippen LogP contribution < -0.4 is 10.6 Å². The number of ether oxygens (including phenoxy) is 1. The Balaban J connectivity index is 2.43. The second-order valence-corrected chi connectivity index (χ2v) is 5.45. The fraction of sp³-hybridized carbons (Fsp3) is 0.500. The predicted molar refractivity (Wildman–Crippen MR) is 79.7 cm³/mol. The summed E-state index contributed by atoms with van der Waals surface area (Å²) in [6, 6.07) is 8.10. The topological polar surface area (TPSA) is 50.4 Å². The first-order chi connectivity index (χ1) is 9.17. The van der Waals surface area contributed by atoms with Gasteiger partial charge in [0.2, 0.25) is 0 Å². The molecule has 0 spiro atoms. The number of thioether (sulfide) groups is 1. The van der Waals surface area contributed by atoms with Gasteiger partial charge in [0.25, 0.3) is 0 Å². The lowest BCUT2D eigenvalue weighted by Crippen LogP contribution is -2.38. The third kappa shape index (κ3) is 5.98. The van der Waals surface area contributed by atoms with Crippen LogP contribution in [0.2, 0.25) is 0 Å². The highest BCUT2D eigenvalue weighted by Gasteiger charge is 2.08. The number of carbonyl (C=O) groups excluding carboxylic acids is 1. The first kappa shape index (κ1) is 15.9. The number of benzene rings is 1. The first-order valence-electron chi connectivity index (χ1n) is 6.43. The van der Waals surface area contributed by atoms with E-state index in [4.69, 9.17) is 4.74 Å². The molecule has 1 aromatic rings. The third-order valence-electron chi connectivity index (χ3n) is 2.63. The minimum Gasteiger partial charge on any atom is -0.383 e. The molecule has 1 atom stereocenters. The molecule has 0 fully saturated rings. The highest BCUT2D eigenvalue weighted by atomic mass is 32.2. The summed E-state index contributed by atoms with van der Waals surface area (Å²) in [6.07, 6.45) is 0. The van der Waals surface area contributed by atoms with E-state index >= 15 is 0 Å². The molecule has 0 saturated heterocycles. The van der Waals surface area contributed by atoms with E-state index in [0.717, 1.165) is 11.3 Å². The van der Waals surface area contributed by atoms with Gasteiger partial charge in [-0.15, -0.1) is 11.8 Å². The van der Waals surface area contributed by atoms with E-state index in [9.17, 15) is 4.79 Å². The van der Waals surface area contributed by atoms with Gasteiger partial charge < -0.3 is 15.4 Å². The van der Waals surface area contributed by atoms with Gasteiger partial charge in [-0.1, -0.05) is 19.1 Å². The van der Waals surface area contributed by atoms with Crippen molar-refractivity contribution in [3.05, 3.63) is 29.8 Å². The molecule has 0 radical (unpaired) electrons. The molecule has 4 nitrogen and oxygen atoms in total. The van der Waals surface area contributed by atoms with Gasteiger partial charge in [0.15, 0.2) is 0 Å². The van der Waals surface area contributed by atoms with Gasteiger partial charge in [0, 0.05) is 18.6 Å². The summed E-state index contributed by atoms with van der Waals surface area (Å²) in [5.74, 6) is 1.06. The molecular weight excluding hydrogens is 260 g/mol. The highest BCUT2D eigenvalue weighted by Crippen LogP contribution is 2.20. The van der Waals surface area contributed by atoms with Crippen LogP contribution in [-0.2, 0) is 4.74 Å². The lowest BCUT2D eigenvalue weighted by Gasteiger charge is -2.15. The van der Waals surface area contributed by atoms with Gasteiger partial charge in [-0.2, -0.15) is 0 Å². The molecular formula is C14H22N2O2S. The Morgan fingerprint density at radius 2 is 2.05 bits per heavy atom. The Labute approximate surface area is 119 Å².